The molecular weight excluding hydrogens is 328 g/mol. The molecule has 1 aromatic carbocycles. The molecule has 0 bridgehead atoms. The van der Waals surface area contributed by atoms with E-state index in [9.17, 15) is 10.1 Å². The number of fused-ring (bicyclic) bond motifs is 1. The molecule has 0 aliphatic carbocycles. The molecule has 0 saturated heterocycles. The largest absolute Gasteiger partial charge is 0.381 e. The van der Waals surface area contributed by atoms with E-state index in [1.54, 1.807) is 6.20 Å². The van der Waals surface area contributed by atoms with Crippen molar-refractivity contribution < 1.29 is 9.53 Å². The molecule has 2 N–H and O–H groups in total. The second-order valence-corrected chi connectivity index (χ2v) is 5.77. The standard InChI is InChI=1S/C20H24N4O2/c1-2-3-12-26-13-6-11-23-20(25)17(14-21)15-24-18-9-4-7-16-8-5-10-22-19(16)18/h4-5,7-10,15,24H,2-3,6,11-13H2,1H3,(H,23,25)/b17-15-. The summed E-state index contributed by atoms with van der Waals surface area (Å²) in [6.45, 7) is 3.93. The van der Waals surface area contributed by atoms with Gasteiger partial charge in [0.05, 0.1) is 11.2 Å². The fourth-order valence-corrected chi connectivity index (χ4v) is 2.34. The van der Waals surface area contributed by atoms with E-state index < -0.39 is 5.91 Å². The third-order valence-electron chi connectivity index (χ3n) is 3.76. The number of carbonyl (C=O) groups is 1. The summed E-state index contributed by atoms with van der Waals surface area (Å²) in [6.07, 6.45) is 5.98. The number of para-hydroxylation sites is 1. The van der Waals surface area contributed by atoms with Gasteiger partial charge in [-0.05, 0) is 25.0 Å². The number of ether oxygens (including phenoxy) is 1. The maximum atomic E-state index is 12.1. The number of pyridine rings is 1. The number of amides is 1. The van der Waals surface area contributed by atoms with Gasteiger partial charge in [-0.2, -0.15) is 5.26 Å². The minimum Gasteiger partial charge on any atom is -0.381 e. The average Bonchev–Trinajstić information content (AvgIpc) is 2.68. The van der Waals surface area contributed by atoms with E-state index in [4.69, 9.17) is 4.74 Å². The van der Waals surface area contributed by atoms with Crippen molar-refractivity contribution in [1.29, 1.82) is 5.26 Å². The quantitative estimate of drug-likeness (QED) is 0.389. The smallest absolute Gasteiger partial charge is 0.263 e. The Morgan fingerprint density at radius 1 is 1.27 bits per heavy atom. The van der Waals surface area contributed by atoms with E-state index in [0.717, 1.165) is 42.5 Å². The highest BCUT2D eigenvalue weighted by Crippen LogP contribution is 2.20. The summed E-state index contributed by atoms with van der Waals surface area (Å²) in [5.41, 5.74) is 1.55. The van der Waals surface area contributed by atoms with Crippen molar-refractivity contribution in [2.45, 2.75) is 26.2 Å². The predicted molar refractivity (Wildman–Crippen MR) is 102 cm³/mol. The summed E-state index contributed by atoms with van der Waals surface area (Å²) in [5.74, 6) is -0.401. The molecule has 0 aliphatic rings. The topological polar surface area (TPSA) is 87.0 Å². The number of hydrogen-bond donors (Lipinski definition) is 2. The Balaban J connectivity index is 1.87. The van der Waals surface area contributed by atoms with Gasteiger partial charge in [0, 0.05) is 37.5 Å². The van der Waals surface area contributed by atoms with Crippen molar-refractivity contribution in [2.24, 2.45) is 0 Å². The first-order valence-electron chi connectivity index (χ1n) is 8.82. The summed E-state index contributed by atoms with van der Waals surface area (Å²) >= 11 is 0. The molecule has 0 fully saturated rings. The van der Waals surface area contributed by atoms with Crippen LogP contribution >= 0.6 is 0 Å². The number of hydrogen-bond acceptors (Lipinski definition) is 5. The SMILES string of the molecule is CCCCOCCCNC(=O)/C(C#N)=C\Nc1cccc2cccnc12. The maximum Gasteiger partial charge on any atom is 0.263 e. The maximum absolute atomic E-state index is 12.1. The monoisotopic (exact) mass is 352 g/mol. The summed E-state index contributed by atoms with van der Waals surface area (Å²) < 4.78 is 5.44. The molecule has 1 heterocycles. The highest BCUT2D eigenvalue weighted by molar-refractivity contribution is 5.98. The number of nitrogens with one attached hydrogen (secondary N) is 2. The molecule has 0 radical (unpaired) electrons. The van der Waals surface area contributed by atoms with Crippen LogP contribution < -0.4 is 10.6 Å². The molecule has 0 aliphatic heterocycles. The van der Waals surface area contributed by atoms with Gasteiger partial charge in [0.15, 0.2) is 0 Å². The van der Waals surface area contributed by atoms with Gasteiger partial charge in [-0.15, -0.1) is 0 Å². The zero-order valence-electron chi connectivity index (χ0n) is 15.0. The van der Waals surface area contributed by atoms with Crippen molar-refractivity contribution in [3.63, 3.8) is 0 Å². The summed E-state index contributed by atoms with van der Waals surface area (Å²) in [6, 6.07) is 11.4. The number of carbonyl (C=O) groups excluding carboxylic acids is 1. The van der Waals surface area contributed by atoms with Crippen LogP contribution in [0.15, 0.2) is 48.3 Å². The average molecular weight is 352 g/mol. The van der Waals surface area contributed by atoms with E-state index in [2.05, 4.69) is 22.5 Å². The van der Waals surface area contributed by atoms with Crippen LogP contribution in [-0.2, 0) is 9.53 Å². The van der Waals surface area contributed by atoms with Crippen molar-refractivity contribution in [2.75, 3.05) is 25.1 Å². The molecule has 1 aromatic heterocycles. The Labute approximate surface area is 153 Å². The highest BCUT2D eigenvalue weighted by atomic mass is 16.5. The Kier molecular flexibility index (Phi) is 8.10. The van der Waals surface area contributed by atoms with Gasteiger partial charge in [-0.25, -0.2) is 0 Å². The number of unbranched alkanes of at least 4 members (excludes halogenated alkanes) is 1. The summed E-state index contributed by atoms with van der Waals surface area (Å²) in [4.78, 5) is 16.4. The third kappa shape index (κ3) is 5.87. The van der Waals surface area contributed by atoms with Crippen LogP contribution in [-0.4, -0.2) is 30.6 Å². The highest BCUT2D eigenvalue weighted by Gasteiger charge is 2.08. The Morgan fingerprint density at radius 3 is 2.88 bits per heavy atom. The van der Waals surface area contributed by atoms with E-state index in [1.807, 2.05) is 36.4 Å². The molecule has 2 rings (SSSR count). The third-order valence-corrected chi connectivity index (χ3v) is 3.76. The molecule has 136 valence electrons. The molecule has 0 atom stereocenters. The first-order chi connectivity index (χ1) is 12.8. The number of nitrogens with zero attached hydrogens (tertiary/aromatic N) is 2. The molecule has 0 unspecified atom stereocenters. The van der Waals surface area contributed by atoms with Crippen LogP contribution in [0.3, 0.4) is 0 Å². The number of aromatic nitrogens is 1. The lowest BCUT2D eigenvalue weighted by Gasteiger charge is -2.07. The van der Waals surface area contributed by atoms with Crippen molar-refractivity contribution in [3.05, 3.63) is 48.3 Å². The Hall–Kier alpha value is -2.91. The van der Waals surface area contributed by atoms with Gasteiger partial charge in [0.25, 0.3) is 5.91 Å². The molecule has 2 aromatic rings. The van der Waals surface area contributed by atoms with Crippen LogP contribution in [0.1, 0.15) is 26.2 Å². The lowest BCUT2D eigenvalue weighted by atomic mass is 10.2. The van der Waals surface area contributed by atoms with Crippen LogP contribution in [0.25, 0.3) is 10.9 Å². The van der Waals surface area contributed by atoms with E-state index in [0.29, 0.717) is 13.2 Å². The normalized spacial score (nSPS) is 11.2. The molecule has 0 saturated carbocycles. The van der Waals surface area contributed by atoms with Crippen LogP contribution in [0.4, 0.5) is 5.69 Å². The first kappa shape index (κ1) is 19.4. The van der Waals surface area contributed by atoms with Gasteiger partial charge in [-0.1, -0.05) is 31.5 Å². The molecular formula is C20H24N4O2. The molecule has 0 spiro atoms. The first-order valence-corrected chi connectivity index (χ1v) is 8.82. The summed E-state index contributed by atoms with van der Waals surface area (Å²) in [5, 5.41) is 16.0. The zero-order chi connectivity index (χ0) is 18.6. The number of anilines is 1. The molecule has 26 heavy (non-hydrogen) atoms. The van der Waals surface area contributed by atoms with Crippen molar-refractivity contribution in [1.82, 2.24) is 10.3 Å². The minimum atomic E-state index is -0.401. The number of rotatable bonds is 10. The van der Waals surface area contributed by atoms with Crippen LogP contribution in [0.2, 0.25) is 0 Å². The lowest BCUT2D eigenvalue weighted by molar-refractivity contribution is -0.117. The van der Waals surface area contributed by atoms with Crippen molar-refractivity contribution in [3.8, 4) is 6.07 Å². The van der Waals surface area contributed by atoms with Gasteiger partial charge in [-0.3, -0.25) is 9.78 Å². The van der Waals surface area contributed by atoms with Gasteiger partial charge in [0.1, 0.15) is 11.6 Å². The summed E-state index contributed by atoms with van der Waals surface area (Å²) in [7, 11) is 0. The van der Waals surface area contributed by atoms with E-state index >= 15 is 0 Å². The van der Waals surface area contributed by atoms with Gasteiger partial charge < -0.3 is 15.4 Å². The lowest BCUT2D eigenvalue weighted by Crippen LogP contribution is -2.26. The van der Waals surface area contributed by atoms with E-state index in [-0.39, 0.29) is 5.57 Å². The Morgan fingerprint density at radius 2 is 2.08 bits per heavy atom. The fourth-order valence-electron chi connectivity index (χ4n) is 2.34. The van der Waals surface area contributed by atoms with E-state index in [1.165, 1.54) is 6.20 Å². The number of benzene rings is 1. The van der Waals surface area contributed by atoms with Gasteiger partial charge >= 0.3 is 0 Å². The second kappa shape index (κ2) is 10.9. The minimum absolute atomic E-state index is 0.0184. The fraction of sp³-hybridized carbons (Fsp3) is 0.350. The number of nitriles is 1. The van der Waals surface area contributed by atoms with Crippen LogP contribution in [0, 0.1) is 11.3 Å². The predicted octanol–water partition coefficient (Wildman–Crippen LogP) is 3.38. The molecule has 1 amide bonds. The second-order valence-electron chi connectivity index (χ2n) is 5.77. The zero-order valence-corrected chi connectivity index (χ0v) is 15.0. The molecule has 6 nitrogen and oxygen atoms in total. The van der Waals surface area contributed by atoms with Gasteiger partial charge in [0.2, 0.25) is 0 Å². The van der Waals surface area contributed by atoms with Crippen molar-refractivity contribution >= 4 is 22.5 Å². The van der Waals surface area contributed by atoms with Crippen LogP contribution in [0.5, 0.6) is 0 Å². The Bertz CT molecular complexity index is 790. The molecule has 6 heteroatoms.